The standard InChI is InChI=1S/C13H9F3N4O/c14-13(15,16)9-5-11(20-18)19-12(6-9)21-10-4-2-1-3-8(10)7-17/h1-6H,18H2,(H,19,20). The van der Waals surface area contributed by atoms with Crippen LogP contribution in [0, 0.1) is 11.3 Å². The van der Waals surface area contributed by atoms with Gasteiger partial charge in [0.25, 0.3) is 0 Å². The van der Waals surface area contributed by atoms with E-state index in [9.17, 15) is 13.2 Å². The summed E-state index contributed by atoms with van der Waals surface area (Å²) in [6, 6.07) is 9.49. The van der Waals surface area contributed by atoms with E-state index >= 15 is 0 Å². The molecule has 0 saturated carbocycles. The molecule has 1 aromatic carbocycles. The van der Waals surface area contributed by atoms with Crippen LogP contribution in [-0.4, -0.2) is 4.98 Å². The van der Waals surface area contributed by atoms with Gasteiger partial charge in [0.2, 0.25) is 5.88 Å². The third-order valence-corrected chi connectivity index (χ3v) is 2.50. The van der Waals surface area contributed by atoms with Gasteiger partial charge in [-0.1, -0.05) is 12.1 Å². The topological polar surface area (TPSA) is 84.0 Å². The first-order chi connectivity index (χ1) is 9.94. The van der Waals surface area contributed by atoms with Gasteiger partial charge >= 0.3 is 6.18 Å². The summed E-state index contributed by atoms with van der Waals surface area (Å²) in [7, 11) is 0. The predicted molar refractivity (Wildman–Crippen MR) is 68.3 cm³/mol. The van der Waals surface area contributed by atoms with Gasteiger partial charge in [-0.15, -0.1) is 0 Å². The summed E-state index contributed by atoms with van der Waals surface area (Å²) in [5.41, 5.74) is 1.25. The van der Waals surface area contributed by atoms with Crippen molar-refractivity contribution in [1.82, 2.24) is 4.98 Å². The van der Waals surface area contributed by atoms with Crippen LogP contribution in [-0.2, 0) is 6.18 Å². The van der Waals surface area contributed by atoms with Crippen LogP contribution in [0.2, 0.25) is 0 Å². The van der Waals surface area contributed by atoms with Crippen molar-refractivity contribution in [2.24, 2.45) is 5.84 Å². The van der Waals surface area contributed by atoms with E-state index in [1.807, 2.05) is 11.5 Å². The minimum Gasteiger partial charge on any atom is -0.438 e. The van der Waals surface area contributed by atoms with Crippen molar-refractivity contribution in [2.45, 2.75) is 6.18 Å². The number of ether oxygens (including phenoxy) is 1. The maximum Gasteiger partial charge on any atom is 0.416 e. The van der Waals surface area contributed by atoms with Crippen molar-refractivity contribution in [3.05, 3.63) is 47.5 Å². The fourth-order valence-corrected chi connectivity index (χ4v) is 1.56. The molecule has 0 bridgehead atoms. The Bertz CT molecular complexity index is 695. The molecular formula is C13H9F3N4O. The van der Waals surface area contributed by atoms with E-state index in [-0.39, 0.29) is 23.0 Å². The number of nitriles is 1. The quantitative estimate of drug-likeness (QED) is 0.671. The molecule has 3 N–H and O–H groups in total. The molecule has 0 aliphatic rings. The Morgan fingerprint density at radius 3 is 2.57 bits per heavy atom. The fourth-order valence-electron chi connectivity index (χ4n) is 1.56. The molecule has 0 saturated heterocycles. The first-order valence-electron chi connectivity index (χ1n) is 5.67. The first-order valence-corrected chi connectivity index (χ1v) is 5.67. The summed E-state index contributed by atoms with van der Waals surface area (Å²) in [4.78, 5) is 3.77. The van der Waals surface area contributed by atoms with Gasteiger partial charge in [0.1, 0.15) is 17.6 Å². The van der Waals surface area contributed by atoms with E-state index in [0.717, 1.165) is 12.1 Å². The molecule has 0 atom stereocenters. The first kappa shape index (κ1) is 14.6. The van der Waals surface area contributed by atoms with E-state index in [0.29, 0.717) is 0 Å². The third kappa shape index (κ3) is 3.40. The number of pyridine rings is 1. The Balaban J connectivity index is 2.42. The lowest BCUT2D eigenvalue weighted by Gasteiger charge is -2.12. The number of hydrogen-bond acceptors (Lipinski definition) is 5. The molecular weight excluding hydrogens is 285 g/mol. The molecule has 0 aliphatic carbocycles. The molecule has 5 nitrogen and oxygen atoms in total. The molecule has 1 heterocycles. The lowest BCUT2D eigenvalue weighted by Crippen LogP contribution is -2.12. The molecule has 0 spiro atoms. The van der Waals surface area contributed by atoms with Gasteiger partial charge < -0.3 is 10.2 Å². The zero-order chi connectivity index (χ0) is 15.5. The van der Waals surface area contributed by atoms with E-state index in [1.54, 1.807) is 12.1 Å². The van der Waals surface area contributed by atoms with E-state index < -0.39 is 11.7 Å². The van der Waals surface area contributed by atoms with Crippen LogP contribution < -0.4 is 16.0 Å². The number of rotatable bonds is 3. The summed E-state index contributed by atoms with van der Waals surface area (Å²) in [5, 5.41) is 8.92. The summed E-state index contributed by atoms with van der Waals surface area (Å²) in [6.07, 6.45) is -4.57. The minimum absolute atomic E-state index is 0.106. The van der Waals surface area contributed by atoms with Crippen LogP contribution in [0.3, 0.4) is 0 Å². The Labute approximate surface area is 117 Å². The minimum atomic E-state index is -4.57. The van der Waals surface area contributed by atoms with E-state index in [4.69, 9.17) is 15.8 Å². The molecule has 0 aliphatic heterocycles. The highest BCUT2D eigenvalue weighted by Crippen LogP contribution is 2.34. The molecule has 2 rings (SSSR count). The zero-order valence-corrected chi connectivity index (χ0v) is 10.5. The van der Waals surface area contributed by atoms with Gasteiger partial charge in [-0.2, -0.15) is 23.4 Å². The number of benzene rings is 1. The van der Waals surface area contributed by atoms with Gasteiger partial charge in [0, 0.05) is 6.07 Å². The van der Waals surface area contributed by atoms with Crippen LogP contribution in [0.1, 0.15) is 11.1 Å². The number of alkyl halides is 3. The van der Waals surface area contributed by atoms with Crippen molar-refractivity contribution < 1.29 is 17.9 Å². The number of halogens is 3. The number of hydrazine groups is 1. The number of aromatic nitrogens is 1. The van der Waals surface area contributed by atoms with E-state index in [2.05, 4.69) is 4.98 Å². The molecule has 1 aromatic heterocycles. The molecule has 0 radical (unpaired) electrons. The molecule has 21 heavy (non-hydrogen) atoms. The number of para-hydroxylation sites is 1. The lowest BCUT2D eigenvalue weighted by molar-refractivity contribution is -0.137. The van der Waals surface area contributed by atoms with Gasteiger partial charge in [-0.3, -0.25) is 0 Å². The van der Waals surface area contributed by atoms with Crippen molar-refractivity contribution in [3.8, 4) is 17.7 Å². The monoisotopic (exact) mass is 294 g/mol. The maximum absolute atomic E-state index is 12.8. The number of hydrogen-bond donors (Lipinski definition) is 2. The summed E-state index contributed by atoms with van der Waals surface area (Å²) in [6.45, 7) is 0. The predicted octanol–water partition coefficient (Wildman–Crippen LogP) is 3.05. The second-order valence-corrected chi connectivity index (χ2v) is 3.93. The molecule has 0 unspecified atom stereocenters. The van der Waals surface area contributed by atoms with Gasteiger partial charge in [-0.25, -0.2) is 5.84 Å². The van der Waals surface area contributed by atoms with Crippen LogP contribution in [0.25, 0.3) is 0 Å². The van der Waals surface area contributed by atoms with Crippen LogP contribution >= 0.6 is 0 Å². The molecule has 8 heteroatoms. The van der Waals surface area contributed by atoms with Crippen molar-refractivity contribution in [2.75, 3.05) is 5.43 Å². The summed E-state index contributed by atoms with van der Waals surface area (Å²) < 4.78 is 43.5. The van der Waals surface area contributed by atoms with Gasteiger partial charge in [0.05, 0.1) is 11.1 Å². The Morgan fingerprint density at radius 2 is 1.95 bits per heavy atom. The average Bonchev–Trinajstić information content (AvgIpc) is 2.46. The summed E-state index contributed by atoms with van der Waals surface area (Å²) >= 11 is 0. The smallest absolute Gasteiger partial charge is 0.416 e. The highest BCUT2D eigenvalue weighted by atomic mass is 19.4. The van der Waals surface area contributed by atoms with Crippen LogP contribution in [0.15, 0.2) is 36.4 Å². The largest absolute Gasteiger partial charge is 0.438 e. The van der Waals surface area contributed by atoms with Crippen molar-refractivity contribution in [3.63, 3.8) is 0 Å². The second-order valence-electron chi connectivity index (χ2n) is 3.93. The zero-order valence-electron chi connectivity index (χ0n) is 10.5. The fraction of sp³-hybridized carbons (Fsp3) is 0.0769. The summed E-state index contributed by atoms with van der Waals surface area (Å²) in [5.74, 6) is 4.68. The Morgan fingerprint density at radius 1 is 1.24 bits per heavy atom. The highest BCUT2D eigenvalue weighted by Gasteiger charge is 2.32. The Hall–Kier alpha value is -2.79. The number of nitrogens with two attached hydrogens (primary N) is 1. The second kappa shape index (κ2) is 5.68. The lowest BCUT2D eigenvalue weighted by atomic mass is 10.2. The SMILES string of the molecule is N#Cc1ccccc1Oc1cc(C(F)(F)F)cc(NN)n1. The Kier molecular flexibility index (Phi) is 3.95. The van der Waals surface area contributed by atoms with Gasteiger partial charge in [-0.05, 0) is 18.2 Å². The third-order valence-electron chi connectivity index (χ3n) is 2.50. The maximum atomic E-state index is 12.8. The number of anilines is 1. The molecule has 0 fully saturated rings. The number of nitrogen functional groups attached to an aromatic ring is 1. The number of nitrogens with zero attached hydrogens (tertiary/aromatic N) is 2. The molecule has 2 aromatic rings. The average molecular weight is 294 g/mol. The van der Waals surface area contributed by atoms with Crippen LogP contribution in [0.4, 0.5) is 19.0 Å². The van der Waals surface area contributed by atoms with Crippen molar-refractivity contribution in [1.29, 1.82) is 5.26 Å². The number of nitrogens with one attached hydrogen (secondary N) is 1. The van der Waals surface area contributed by atoms with Crippen LogP contribution in [0.5, 0.6) is 11.6 Å². The molecule has 0 amide bonds. The van der Waals surface area contributed by atoms with E-state index in [1.165, 1.54) is 12.1 Å². The highest BCUT2D eigenvalue weighted by molar-refractivity contribution is 5.46. The van der Waals surface area contributed by atoms with Crippen molar-refractivity contribution >= 4 is 5.82 Å². The molecule has 108 valence electrons. The van der Waals surface area contributed by atoms with Gasteiger partial charge in [0.15, 0.2) is 0 Å². The normalized spacial score (nSPS) is 10.8.